The van der Waals surface area contributed by atoms with E-state index in [0.717, 1.165) is 0 Å². The molecule has 0 bridgehead atoms. The molecule has 9 heteroatoms. The quantitative estimate of drug-likeness (QED) is 0.257. The molecule has 1 saturated heterocycles. The molecule has 0 aromatic carbocycles. The number of nitrogens with one attached hydrogen (secondary N) is 2. The Morgan fingerprint density at radius 1 is 1.23 bits per heavy atom. The molecule has 1 amide bonds. The summed E-state index contributed by atoms with van der Waals surface area (Å²) >= 11 is -5.42. The van der Waals surface area contributed by atoms with Crippen LogP contribution in [0, 0.1) is 10.8 Å². The first-order chi connectivity index (χ1) is 11.8. The molecule has 8 nitrogen and oxygen atoms in total. The Morgan fingerprint density at radius 2 is 1.77 bits per heavy atom. The predicted octanol–water partition coefficient (Wildman–Crippen LogP) is 1.34. The molecule has 0 saturated carbocycles. The number of hydrogen-bond acceptors (Lipinski definition) is 6. The topological polar surface area (TPSA) is 128 Å². The van der Waals surface area contributed by atoms with Crippen LogP contribution < -0.4 is 10.6 Å². The average molecular weight is 436 g/mol. The summed E-state index contributed by atoms with van der Waals surface area (Å²) in [5.74, 6) is -0.260. The maximum atomic E-state index is 12.2. The van der Waals surface area contributed by atoms with E-state index in [0.29, 0.717) is 5.70 Å². The number of hydrogen-bond donors (Lipinski definition) is 5. The molecule has 1 heterocycles. The fourth-order valence-corrected chi connectivity index (χ4v) is 7.65. The van der Waals surface area contributed by atoms with Crippen molar-refractivity contribution in [2.24, 2.45) is 10.8 Å². The molecule has 0 aromatic rings. The summed E-state index contributed by atoms with van der Waals surface area (Å²) in [6.45, 7) is 10.1. The minimum atomic E-state index is -5.42. The van der Waals surface area contributed by atoms with Crippen molar-refractivity contribution in [2.75, 3.05) is 13.1 Å². The molecule has 2 rings (SSSR count). The van der Waals surface area contributed by atoms with E-state index in [1.807, 2.05) is 0 Å². The van der Waals surface area contributed by atoms with Crippen molar-refractivity contribution in [3.63, 3.8) is 0 Å². The summed E-state index contributed by atoms with van der Waals surface area (Å²) in [4.78, 5) is 11.2. The van der Waals surface area contributed by atoms with Gasteiger partial charge in [-0.3, -0.25) is 0 Å². The van der Waals surface area contributed by atoms with Crippen molar-refractivity contribution >= 4 is 20.1 Å². The van der Waals surface area contributed by atoms with Crippen molar-refractivity contribution in [3.05, 3.63) is 11.8 Å². The van der Waals surface area contributed by atoms with E-state index in [9.17, 15) is 17.7 Å². The zero-order valence-corrected chi connectivity index (χ0v) is 18.2. The number of amides is 1. The number of piperidine rings is 1. The Labute approximate surface area is 158 Å². The fraction of sp³-hybridized carbons (Fsp3) is 0.824. The summed E-state index contributed by atoms with van der Waals surface area (Å²) in [6, 6.07) is 0. The van der Waals surface area contributed by atoms with Gasteiger partial charge in [0.05, 0.1) is 0 Å². The zero-order chi connectivity index (χ0) is 20.2. The van der Waals surface area contributed by atoms with Gasteiger partial charge in [-0.15, -0.1) is 0 Å². The van der Waals surface area contributed by atoms with Crippen LogP contribution in [0.3, 0.4) is 0 Å². The van der Waals surface area contributed by atoms with Crippen LogP contribution in [0.15, 0.2) is 11.8 Å². The van der Waals surface area contributed by atoms with E-state index >= 15 is 0 Å². The Morgan fingerprint density at radius 3 is 2.08 bits per heavy atom. The predicted molar refractivity (Wildman–Crippen MR) is 98.1 cm³/mol. The molecule has 1 fully saturated rings. The Kier molecular flexibility index (Phi) is 7.73. The van der Waals surface area contributed by atoms with Gasteiger partial charge in [-0.2, -0.15) is 0 Å². The summed E-state index contributed by atoms with van der Waals surface area (Å²) < 4.78 is 23.8. The molecule has 2 unspecified atom stereocenters. The Bertz CT molecular complexity index is 574. The molecule has 152 valence electrons. The third-order valence-corrected chi connectivity index (χ3v) is 9.73. The van der Waals surface area contributed by atoms with Crippen molar-refractivity contribution < 1.29 is 26.9 Å². The minimum absolute atomic E-state index is 0.168. The number of aliphatic hydroxyl groups is 1. The Balaban J connectivity index is 0.000000472. The normalized spacial score (nSPS) is 29.5. The van der Waals surface area contributed by atoms with Crippen LogP contribution in [0.4, 0.5) is 0 Å². The SMILES string of the molecule is C1CCNCC1.CC(=O)NC1=CC(C)(C)C(O)([As](=O)(O)OO)C(C)(C)C1. The second kappa shape index (κ2) is 8.59. The molecular formula is C17H33AsN2O6. The van der Waals surface area contributed by atoms with Crippen molar-refractivity contribution in [1.29, 1.82) is 0 Å². The molecule has 2 atom stereocenters. The molecule has 1 aliphatic heterocycles. The van der Waals surface area contributed by atoms with Gasteiger partial charge in [0, 0.05) is 0 Å². The van der Waals surface area contributed by atoms with Crippen LogP contribution in [0.5, 0.6) is 0 Å². The van der Waals surface area contributed by atoms with Gasteiger partial charge in [0.15, 0.2) is 0 Å². The van der Waals surface area contributed by atoms with Gasteiger partial charge in [0.2, 0.25) is 0 Å². The van der Waals surface area contributed by atoms with Gasteiger partial charge in [-0.05, 0) is 25.9 Å². The molecule has 0 aromatic heterocycles. The van der Waals surface area contributed by atoms with Crippen molar-refractivity contribution in [3.8, 4) is 0 Å². The number of allylic oxidation sites excluding steroid dienone is 1. The summed E-state index contributed by atoms with van der Waals surface area (Å²) in [5.41, 5.74) is -1.71. The monoisotopic (exact) mass is 436 g/mol. The number of carbonyl (C=O) groups is 1. The van der Waals surface area contributed by atoms with Crippen LogP contribution in [-0.2, 0) is 12.4 Å². The van der Waals surface area contributed by atoms with Crippen molar-refractivity contribution in [2.45, 2.75) is 64.7 Å². The van der Waals surface area contributed by atoms with E-state index in [1.54, 1.807) is 27.7 Å². The van der Waals surface area contributed by atoms with Crippen LogP contribution in [0.25, 0.3) is 0 Å². The van der Waals surface area contributed by atoms with Crippen LogP contribution in [0.1, 0.15) is 60.3 Å². The second-order valence-corrected chi connectivity index (χ2v) is 12.1. The van der Waals surface area contributed by atoms with Crippen LogP contribution in [0.2, 0.25) is 0 Å². The molecule has 26 heavy (non-hydrogen) atoms. The molecule has 1 aliphatic carbocycles. The van der Waals surface area contributed by atoms with Crippen molar-refractivity contribution in [1.82, 2.24) is 10.6 Å². The molecular weight excluding hydrogens is 403 g/mol. The summed E-state index contributed by atoms with van der Waals surface area (Å²) in [7, 11) is 0. The third kappa shape index (κ3) is 4.80. The molecule has 2 aliphatic rings. The summed E-state index contributed by atoms with van der Waals surface area (Å²) in [6.07, 6.45) is 5.91. The first-order valence-corrected chi connectivity index (χ1v) is 12.2. The van der Waals surface area contributed by atoms with Crippen LogP contribution in [-0.4, -0.2) is 52.0 Å². The van der Waals surface area contributed by atoms with Crippen LogP contribution >= 0.6 is 0 Å². The van der Waals surface area contributed by atoms with Gasteiger partial charge >= 0.3 is 120 Å². The van der Waals surface area contributed by atoms with E-state index in [-0.39, 0.29) is 12.3 Å². The Hall–Kier alpha value is -0.632. The first-order valence-electron chi connectivity index (χ1n) is 8.89. The number of rotatable bonds is 3. The van der Waals surface area contributed by atoms with E-state index < -0.39 is 29.4 Å². The molecule has 0 spiro atoms. The first kappa shape index (κ1) is 23.4. The maximum absolute atomic E-state index is 12.2. The van der Waals surface area contributed by atoms with Gasteiger partial charge in [-0.25, -0.2) is 0 Å². The van der Waals surface area contributed by atoms with Gasteiger partial charge in [0.25, 0.3) is 0 Å². The fourth-order valence-electron chi connectivity index (χ4n) is 3.97. The third-order valence-electron chi connectivity index (χ3n) is 5.07. The van der Waals surface area contributed by atoms with Gasteiger partial charge in [-0.1, -0.05) is 6.42 Å². The van der Waals surface area contributed by atoms with E-state index in [4.69, 9.17) is 5.26 Å². The molecule has 5 N–H and O–H groups in total. The second-order valence-electron chi connectivity index (χ2n) is 8.22. The summed E-state index contributed by atoms with van der Waals surface area (Å²) in [5, 5.41) is 25.6. The standard InChI is InChI=1S/C12H22AsNO6.C5H11N/c1-8(15)14-9-6-10(2,3)12(16,11(4,5)7-9)13(17,18)20-19;1-2-4-6-5-3-1/h6,16,19H,7H2,1-5H3,(H,14,15)(H,17,18);6H,1-5H2. The average Bonchev–Trinajstić information content (AvgIpc) is 2.53. The number of carbonyl (C=O) groups excluding carboxylic acids is 1. The van der Waals surface area contributed by atoms with E-state index in [2.05, 4.69) is 14.5 Å². The van der Waals surface area contributed by atoms with E-state index in [1.165, 1.54) is 45.4 Å². The van der Waals surface area contributed by atoms with Gasteiger partial charge < -0.3 is 5.32 Å². The molecule has 0 radical (unpaired) electrons. The van der Waals surface area contributed by atoms with Gasteiger partial charge in [0.1, 0.15) is 0 Å². The zero-order valence-electron chi connectivity index (χ0n) is 16.3.